The minimum absolute atomic E-state index is 0.0152. The van der Waals surface area contributed by atoms with Gasteiger partial charge in [0.2, 0.25) is 11.3 Å². The summed E-state index contributed by atoms with van der Waals surface area (Å²) in [5.74, 6) is -2.16. The van der Waals surface area contributed by atoms with Crippen molar-refractivity contribution in [2.24, 2.45) is 5.92 Å². The van der Waals surface area contributed by atoms with Gasteiger partial charge < -0.3 is 72.8 Å². The quantitative estimate of drug-likeness (QED) is 0.0133. The first-order valence-electron chi connectivity index (χ1n) is 28.9. The molecule has 0 radical (unpaired) electrons. The highest BCUT2D eigenvalue weighted by atomic mass is 35.5. The van der Waals surface area contributed by atoms with E-state index in [1.165, 1.54) is 38.4 Å². The number of amides is 2. The van der Waals surface area contributed by atoms with Crippen LogP contribution < -0.4 is 49.8 Å². The summed E-state index contributed by atoms with van der Waals surface area (Å²) >= 11 is 5.75. The molecule has 0 spiro atoms. The minimum Gasteiger partial charge on any atom is -0.545 e. The average Bonchev–Trinajstić information content (AvgIpc) is 1.07. The highest BCUT2D eigenvalue weighted by molar-refractivity contribution is 6.17. The number of aromatic carboxylic acids is 1. The van der Waals surface area contributed by atoms with Gasteiger partial charge in [-0.2, -0.15) is 9.59 Å². The number of ether oxygens (including phenoxy) is 7. The summed E-state index contributed by atoms with van der Waals surface area (Å²) in [6.45, 7) is 6.31. The van der Waals surface area contributed by atoms with Crippen molar-refractivity contribution < 1.29 is 81.0 Å². The smallest absolute Gasteiger partial charge is 0.373 e. The van der Waals surface area contributed by atoms with Crippen LogP contribution in [0.15, 0.2) is 101 Å². The van der Waals surface area contributed by atoms with Gasteiger partial charge in [0.05, 0.1) is 64.6 Å². The van der Waals surface area contributed by atoms with Gasteiger partial charge in [0, 0.05) is 95.9 Å². The van der Waals surface area contributed by atoms with E-state index in [0.717, 1.165) is 56.2 Å². The van der Waals surface area contributed by atoms with Crippen LogP contribution in [0, 0.1) is 5.92 Å². The molecule has 0 unspecified atom stereocenters. The normalized spacial score (nSPS) is 13.2. The van der Waals surface area contributed by atoms with E-state index < -0.39 is 35.7 Å². The molecule has 24 heteroatoms. The van der Waals surface area contributed by atoms with Crippen molar-refractivity contribution in [3.8, 4) is 33.9 Å². The molecule has 8 rings (SSSR count). The first-order valence-corrected chi connectivity index (χ1v) is 29.5. The predicted octanol–water partition coefficient (Wildman–Crippen LogP) is 5.41. The predicted molar refractivity (Wildman–Crippen MR) is 325 cm³/mol. The maximum Gasteiger partial charge on any atom is 0.373 e. The molecule has 4 aromatic carbocycles. The Morgan fingerprint density at radius 3 is 2.02 bits per heavy atom. The van der Waals surface area contributed by atoms with Crippen LogP contribution in [-0.4, -0.2) is 168 Å². The van der Waals surface area contributed by atoms with Crippen LogP contribution in [0.25, 0.3) is 33.4 Å². The zero-order chi connectivity index (χ0) is 63.0. The van der Waals surface area contributed by atoms with Gasteiger partial charge >= 0.3 is 24.1 Å². The monoisotopic (exact) mass is 1230 g/mol. The van der Waals surface area contributed by atoms with Crippen LogP contribution in [0.3, 0.4) is 0 Å². The van der Waals surface area contributed by atoms with Gasteiger partial charge in [0.15, 0.2) is 19.0 Å². The fraction of sp³-hybridized carbons (Fsp3) is 0.406. The van der Waals surface area contributed by atoms with Crippen molar-refractivity contribution in [3.05, 3.63) is 114 Å². The lowest BCUT2D eigenvalue weighted by Gasteiger charge is -2.33. The highest BCUT2D eigenvalue weighted by Gasteiger charge is 2.38. The molecular weight excluding hydrogens is 1160 g/mol. The Kier molecular flexibility index (Phi) is 25.5. The number of carbonyl (C=O) groups is 6. The van der Waals surface area contributed by atoms with Crippen molar-refractivity contribution >= 4 is 87.2 Å². The third kappa shape index (κ3) is 18.0. The number of likely N-dealkylation sites (N-methyl/N-ethyl adjacent to an activating group) is 1. The molecule has 2 fully saturated rings. The lowest BCUT2D eigenvalue weighted by atomic mass is 9.89. The summed E-state index contributed by atoms with van der Waals surface area (Å²) < 4.78 is 47.2. The first kappa shape index (κ1) is 66.5. The van der Waals surface area contributed by atoms with E-state index in [9.17, 15) is 33.9 Å². The molecule has 2 N–H and O–H groups in total. The third-order valence-corrected chi connectivity index (χ3v) is 15.0. The van der Waals surface area contributed by atoms with E-state index in [-0.39, 0.29) is 69.2 Å². The number of methoxy groups -OCH3 is 3. The topological polar surface area (TPSA) is 274 Å². The number of carbonyl (C=O) groups excluding carboxylic acids is 8. The summed E-state index contributed by atoms with van der Waals surface area (Å²) in [5.41, 5.74) is 4.58. The first-order chi connectivity index (χ1) is 42.7. The second-order valence-corrected chi connectivity index (χ2v) is 20.8. The Morgan fingerprint density at radius 2 is 1.36 bits per heavy atom. The highest BCUT2D eigenvalue weighted by Crippen LogP contribution is 2.43. The molecule has 1 aliphatic carbocycles. The number of carboxylic acids is 1. The zero-order valence-electron chi connectivity index (χ0n) is 49.8. The number of para-hydroxylation sites is 2. The van der Waals surface area contributed by atoms with E-state index in [1.807, 2.05) is 47.9 Å². The largest absolute Gasteiger partial charge is 0.545 e. The van der Waals surface area contributed by atoms with Crippen LogP contribution in [0.1, 0.15) is 59.7 Å². The minimum atomic E-state index is -1.40. The van der Waals surface area contributed by atoms with E-state index in [1.54, 1.807) is 53.4 Å². The van der Waals surface area contributed by atoms with Crippen LogP contribution >= 0.6 is 11.6 Å². The Morgan fingerprint density at radius 1 is 0.705 bits per heavy atom. The molecule has 3 heterocycles. The lowest BCUT2D eigenvalue weighted by molar-refractivity contribution is -0.255. The Balaban J connectivity index is 0.00000361. The van der Waals surface area contributed by atoms with E-state index in [4.69, 9.17) is 58.8 Å². The van der Waals surface area contributed by atoms with Crippen molar-refractivity contribution in [2.45, 2.75) is 39.0 Å². The van der Waals surface area contributed by atoms with Gasteiger partial charge in [-0.3, -0.25) is 24.0 Å². The van der Waals surface area contributed by atoms with Crippen LogP contribution in [0.2, 0.25) is 0 Å². The Hall–Kier alpha value is -9.02. The molecule has 0 saturated carbocycles. The number of rotatable bonds is 32. The second-order valence-electron chi connectivity index (χ2n) is 20.4. The summed E-state index contributed by atoms with van der Waals surface area (Å²) in [7, 11) is 3.82. The average molecular weight is 1230 g/mol. The molecule has 468 valence electrons. The van der Waals surface area contributed by atoms with Gasteiger partial charge in [-0.15, -0.1) is 11.6 Å². The number of unbranched alkanes of at least 4 members (excludes halogenated alkanes) is 3. The number of benzene rings is 5. The fourth-order valence-electron chi connectivity index (χ4n) is 9.98. The molecule has 4 aliphatic rings. The van der Waals surface area contributed by atoms with Crippen LogP contribution in [0.5, 0.6) is 11.5 Å². The Bertz CT molecular complexity index is 3450. The van der Waals surface area contributed by atoms with Crippen LogP contribution in [0.4, 0.5) is 22.7 Å². The molecule has 4 aromatic rings. The number of nitrogens with one attached hydrogen (secondary N) is 2. The van der Waals surface area contributed by atoms with Crippen molar-refractivity contribution in [1.29, 1.82) is 0 Å². The van der Waals surface area contributed by atoms with Gasteiger partial charge in [-0.05, 0) is 86.3 Å². The molecule has 0 atom stereocenters. The fourth-order valence-corrected chi connectivity index (χ4v) is 10.2. The number of nitrogens with zero attached hydrogens (tertiary/aromatic N) is 4. The summed E-state index contributed by atoms with van der Waals surface area (Å²) in [6.07, 6.45) is 5.42. The molecule has 0 bridgehead atoms. The molecule has 88 heavy (non-hydrogen) atoms. The van der Waals surface area contributed by atoms with Crippen molar-refractivity contribution in [3.63, 3.8) is 0 Å². The number of fused-ring (bicyclic) bond motifs is 2. The Labute approximate surface area is 514 Å². The van der Waals surface area contributed by atoms with Gasteiger partial charge in [-0.1, -0.05) is 31.0 Å². The van der Waals surface area contributed by atoms with E-state index in [0.29, 0.717) is 107 Å². The summed E-state index contributed by atoms with van der Waals surface area (Å²) in [4.78, 5) is 99.3. The molecule has 3 aliphatic heterocycles. The number of anilines is 4. The number of hydrogen-bond acceptors (Lipinski definition) is 20. The molecule has 0 aromatic heterocycles. The molecule has 2 saturated heterocycles. The standard InChI is InChI=1S/C63H73ClN6O15.CO2/c1-5-67(39-57(71)78-2)52-22-16-44(34-56(52)84-32-31-83-53-14-9-8-13-51(53)70(40-58(72)79-3)41-59(73)80-4)66-62(75)43-37-69(38-43)46-18-21-49-55(36-46)85-54-35-45(68-25-12-26-68)17-20-48(54)60(49)50-33-42(15-19-47(50)63(76)77)61(74)65-24-28-82-30-29-81-27-11-7-6-10-23-64;2-1-3/h8-9,13-22,33-36,43H,5-7,10-12,23-32,37-41H2,1-4H3,(H2-,65,66,74,75,76,77);. The maximum atomic E-state index is 14.0. The maximum absolute atomic E-state index is 14.0. The number of alkyl halides is 1. The third-order valence-electron chi connectivity index (χ3n) is 14.8. The summed E-state index contributed by atoms with van der Waals surface area (Å²) in [6, 6.07) is 28.0. The number of esters is 3. The number of halogens is 1. The van der Waals surface area contributed by atoms with Crippen LogP contribution in [-0.2, 0) is 52.5 Å². The van der Waals surface area contributed by atoms with Crippen molar-refractivity contribution in [2.75, 3.05) is 146 Å². The van der Waals surface area contributed by atoms with Gasteiger partial charge in [0.25, 0.3) is 5.91 Å². The molecule has 2 amide bonds. The summed E-state index contributed by atoms with van der Waals surface area (Å²) in [5, 5.41) is 20.2. The van der Waals surface area contributed by atoms with Gasteiger partial charge in [-0.25, -0.2) is 4.58 Å². The number of hydrogen-bond donors (Lipinski definition) is 2. The molecule has 23 nitrogen and oxygen atoms in total. The molecular formula is C64H73ClN6O17. The van der Waals surface area contributed by atoms with Gasteiger partial charge in [0.1, 0.15) is 55.7 Å². The zero-order valence-corrected chi connectivity index (χ0v) is 50.5. The lowest BCUT2D eigenvalue weighted by Crippen LogP contribution is -2.53. The number of carboxylic acid groups (broad SMARTS) is 1. The van der Waals surface area contributed by atoms with E-state index >= 15 is 0 Å². The SMILES string of the molecule is CCN(CC(=O)OC)c1ccc(NC(=O)C2C[N+](=c3ccc4c(-c5cc(C(=O)NCCOCCOCCCCCCCl)ccc5C(=O)[O-])c5ccc(N6CCC6)cc5oc-4c3)C2)cc1OCCOc1ccccc1N(CC(=O)OC)CC(=O)OC.O=C=O. The van der Waals surface area contributed by atoms with Crippen molar-refractivity contribution in [1.82, 2.24) is 9.89 Å². The second kappa shape index (κ2) is 33.8. The van der Waals surface area contributed by atoms with E-state index in [2.05, 4.69) is 15.5 Å².